The van der Waals surface area contributed by atoms with E-state index in [1.54, 1.807) is 0 Å². The smallest absolute Gasteiger partial charge is 0.164 e. The molecule has 2 heterocycles. The zero-order valence-corrected chi connectivity index (χ0v) is 12.1. The third kappa shape index (κ3) is 2.48. The van der Waals surface area contributed by atoms with Crippen molar-refractivity contribution in [2.75, 3.05) is 13.7 Å². The average molecular weight is 253 g/mol. The highest BCUT2D eigenvalue weighted by molar-refractivity contribution is 5.87. The summed E-state index contributed by atoms with van der Waals surface area (Å²) >= 11 is 0. The zero-order chi connectivity index (χ0) is 13.2. The van der Waals surface area contributed by atoms with E-state index < -0.39 is 5.60 Å². The number of rotatable bonds is 6. The fourth-order valence-corrected chi connectivity index (χ4v) is 3.61. The molecule has 0 aromatic carbocycles. The molecular formula is C15H27NO2. The third-order valence-corrected chi connectivity index (χ3v) is 4.68. The minimum atomic E-state index is -0.454. The molecule has 3 heteroatoms. The number of hydrogen-bond acceptors (Lipinski definition) is 3. The van der Waals surface area contributed by atoms with Crippen LogP contribution in [-0.2, 0) is 9.53 Å². The molecule has 0 saturated carbocycles. The lowest BCUT2D eigenvalue weighted by atomic mass is 9.81. The maximum Gasteiger partial charge on any atom is 0.164 e. The Kier molecular flexibility index (Phi) is 4.44. The van der Waals surface area contributed by atoms with Crippen LogP contribution in [0.3, 0.4) is 0 Å². The maximum atomic E-state index is 12.5. The fourth-order valence-electron chi connectivity index (χ4n) is 3.61. The predicted molar refractivity (Wildman–Crippen MR) is 72.7 cm³/mol. The lowest BCUT2D eigenvalue weighted by Gasteiger charge is -2.44. The van der Waals surface area contributed by atoms with Crippen molar-refractivity contribution in [3.05, 3.63) is 0 Å². The van der Waals surface area contributed by atoms with Crippen molar-refractivity contribution < 1.29 is 9.53 Å². The first-order chi connectivity index (χ1) is 8.63. The highest BCUT2D eigenvalue weighted by Gasteiger charge is 2.51. The van der Waals surface area contributed by atoms with Crippen molar-refractivity contribution in [3.8, 4) is 0 Å². The summed E-state index contributed by atoms with van der Waals surface area (Å²) in [5.74, 6) is 0.350. The van der Waals surface area contributed by atoms with Crippen molar-refractivity contribution in [3.63, 3.8) is 0 Å². The minimum absolute atomic E-state index is 0.350. The van der Waals surface area contributed by atoms with Crippen molar-refractivity contribution in [2.24, 2.45) is 0 Å². The van der Waals surface area contributed by atoms with E-state index in [1.807, 2.05) is 0 Å². The molecule has 2 bridgehead atoms. The zero-order valence-electron chi connectivity index (χ0n) is 12.1. The Labute approximate surface area is 111 Å². The number of carbonyl (C=O) groups excluding carboxylic acids is 1. The molecule has 2 unspecified atom stereocenters. The third-order valence-electron chi connectivity index (χ3n) is 4.68. The summed E-state index contributed by atoms with van der Waals surface area (Å²) in [5, 5.41) is 0. The normalized spacial score (nSPS) is 35.9. The summed E-state index contributed by atoms with van der Waals surface area (Å²) in [6.07, 6.45) is 6.90. The molecule has 0 amide bonds. The van der Waals surface area contributed by atoms with Crippen LogP contribution in [0, 0.1) is 0 Å². The van der Waals surface area contributed by atoms with Crippen LogP contribution in [0.1, 0.15) is 58.8 Å². The number of ether oxygens (including phenoxy) is 1. The van der Waals surface area contributed by atoms with Crippen molar-refractivity contribution in [1.29, 1.82) is 0 Å². The van der Waals surface area contributed by atoms with Gasteiger partial charge in [0.05, 0.1) is 0 Å². The van der Waals surface area contributed by atoms with Crippen LogP contribution in [0.25, 0.3) is 0 Å². The van der Waals surface area contributed by atoms with E-state index in [-0.39, 0.29) is 0 Å². The SMILES string of the molecule is CCCOC1(C(=O)CCC)CC2CCC(C1)N2C. The second kappa shape index (κ2) is 5.70. The van der Waals surface area contributed by atoms with Gasteiger partial charge in [0.15, 0.2) is 5.78 Å². The van der Waals surface area contributed by atoms with Crippen LogP contribution in [0.5, 0.6) is 0 Å². The Morgan fingerprint density at radius 2 is 1.83 bits per heavy atom. The van der Waals surface area contributed by atoms with Gasteiger partial charge >= 0.3 is 0 Å². The molecule has 0 radical (unpaired) electrons. The lowest BCUT2D eigenvalue weighted by molar-refractivity contribution is -0.156. The summed E-state index contributed by atoms with van der Waals surface area (Å²) < 4.78 is 6.09. The fraction of sp³-hybridized carbons (Fsp3) is 0.933. The van der Waals surface area contributed by atoms with Crippen LogP contribution in [0.2, 0.25) is 0 Å². The summed E-state index contributed by atoms with van der Waals surface area (Å²) in [6, 6.07) is 1.11. The van der Waals surface area contributed by atoms with Gasteiger partial charge in [0.1, 0.15) is 5.60 Å². The standard InChI is InChI=1S/C15H27NO2/c1-4-6-14(17)15(18-9-5-2)10-12-7-8-13(11-15)16(12)3/h12-13H,4-11H2,1-3H3. The van der Waals surface area contributed by atoms with E-state index >= 15 is 0 Å². The van der Waals surface area contributed by atoms with Crippen LogP contribution in [0.15, 0.2) is 0 Å². The van der Waals surface area contributed by atoms with Gasteiger partial charge in [-0.05, 0) is 45.6 Å². The molecule has 2 fully saturated rings. The van der Waals surface area contributed by atoms with Gasteiger partial charge in [0.2, 0.25) is 0 Å². The molecule has 104 valence electrons. The molecule has 0 aliphatic carbocycles. The Hall–Kier alpha value is -0.410. The largest absolute Gasteiger partial charge is 0.367 e. The predicted octanol–water partition coefficient (Wildman–Crippen LogP) is 2.78. The summed E-state index contributed by atoms with van der Waals surface area (Å²) in [7, 11) is 2.20. The molecule has 2 aliphatic heterocycles. The molecule has 0 aromatic heterocycles. The Morgan fingerprint density at radius 1 is 1.22 bits per heavy atom. The molecule has 0 spiro atoms. The molecule has 0 aromatic rings. The van der Waals surface area contributed by atoms with Gasteiger partial charge in [-0.2, -0.15) is 0 Å². The highest BCUT2D eigenvalue weighted by Crippen LogP contribution is 2.42. The quantitative estimate of drug-likeness (QED) is 0.729. The number of fused-ring (bicyclic) bond motifs is 2. The van der Waals surface area contributed by atoms with Crippen molar-refractivity contribution >= 4 is 5.78 Å². The van der Waals surface area contributed by atoms with Gasteiger partial charge in [-0.15, -0.1) is 0 Å². The molecule has 0 N–H and O–H groups in total. The van der Waals surface area contributed by atoms with Crippen LogP contribution in [0.4, 0.5) is 0 Å². The van der Waals surface area contributed by atoms with Crippen molar-refractivity contribution in [1.82, 2.24) is 4.90 Å². The van der Waals surface area contributed by atoms with Crippen LogP contribution >= 0.6 is 0 Å². The van der Waals surface area contributed by atoms with Gasteiger partial charge in [-0.1, -0.05) is 13.8 Å². The number of nitrogens with zero attached hydrogens (tertiary/aromatic N) is 1. The number of hydrogen-bond donors (Lipinski definition) is 0. The molecule has 2 atom stereocenters. The Morgan fingerprint density at radius 3 is 2.33 bits per heavy atom. The van der Waals surface area contributed by atoms with E-state index in [9.17, 15) is 4.79 Å². The van der Waals surface area contributed by atoms with E-state index in [0.29, 0.717) is 24.3 Å². The van der Waals surface area contributed by atoms with E-state index in [1.165, 1.54) is 12.8 Å². The average Bonchev–Trinajstić information content (AvgIpc) is 2.60. The Bertz CT molecular complexity index is 289. The monoisotopic (exact) mass is 253 g/mol. The van der Waals surface area contributed by atoms with E-state index in [2.05, 4.69) is 25.8 Å². The van der Waals surface area contributed by atoms with Gasteiger partial charge in [-0.25, -0.2) is 0 Å². The molecule has 2 rings (SSSR count). The van der Waals surface area contributed by atoms with Gasteiger partial charge in [0, 0.05) is 25.1 Å². The van der Waals surface area contributed by atoms with Gasteiger partial charge in [-0.3, -0.25) is 4.79 Å². The highest BCUT2D eigenvalue weighted by atomic mass is 16.5. The molecule has 18 heavy (non-hydrogen) atoms. The molecule has 3 nitrogen and oxygen atoms in total. The second-order valence-electron chi connectivity index (χ2n) is 5.97. The van der Waals surface area contributed by atoms with Crippen LogP contribution in [-0.4, -0.2) is 42.0 Å². The van der Waals surface area contributed by atoms with Gasteiger partial charge in [0.25, 0.3) is 0 Å². The molecule has 2 aliphatic rings. The summed E-state index contributed by atoms with van der Waals surface area (Å²) in [6.45, 7) is 4.91. The number of carbonyl (C=O) groups is 1. The van der Waals surface area contributed by atoms with Gasteiger partial charge < -0.3 is 9.64 Å². The van der Waals surface area contributed by atoms with Crippen molar-refractivity contribution in [2.45, 2.75) is 76.5 Å². The number of Topliss-reactive ketones (excluding diaryl/α,β-unsaturated/α-hetero) is 1. The second-order valence-corrected chi connectivity index (χ2v) is 5.97. The Balaban J connectivity index is 2.13. The van der Waals surface area contributed by atoms with E-state index in [0.717, 1.165) is 32.3 Å². The first kappa shape index (κ1) is 14.0. The topological polar surface area (TPSA) is 29.5 Å². The summed E-state index contributed by atoms with van der Waals surface area (Å²) in [4.78, 5) is 15.0. The molecule has 2 saturated heterocycles. The summed E-state index contributed by atoms with van der Waals surface area (Å²) in [5.41, 5.74) is -0.454. The first-order valence-corrected chi connectivity index (χ1v) is 7.52. The lowest BCUT2D eigenvalue weighted by Crippen LogP contribution is -2.55. The first-order valence-electron chi connectivity index (χ1n) is 7.52. The molecular weight excluding hydrogens is 226 g/mol. The number of ketones is 1. The van der Waals surface area contributed by atoms with E-state index in [4.69, 9.17) is 4.74 Å². The maximum absolute atomic E-state index is 12.5. The minimum Gasteiger partial charge on any atom is -0.367 e. The van der Waals surface area contributed by atoms with Crippen LogP contribution < -0.4 is 0 Å². The number of piperidine rings is 1.